The van der Waals surface area contributed by atoms with Crippen LogP contribution in [-0.2, 0) is 6.54 Å². The molecule has 0 radical (unpaired) electrons. The van der Waals surface area contributed by atoms with Crippen LogP contribution >= 0.6 is 0 Å². The van der Waals surface area contributed by atoms with Gasteiger partial charge in [0, 0.05) is 5.56 Å². The second kappa shape index (κ2) is 4.79. The van der Waals surface area contributed by atoms with Crippen LogP contribution in [0.2, 0.25) is 0 Å². The van der Waals surface area contributed by atoms with Crippen LogP contribution in [0.5, 0.6) is 0 Å². The van der Waals surface area contributed by atoms with Gasteiger partial charge in [0.05, 0.1) is 31.0 Å². The summed E-state index contributed by atoms with van der Waals surface area (Å²) in [4.78, 5) is 7.53. The van der Waals surface area contributed by atoms with Gasteiger partial charge in [-0.3, -0.25) is 0 Å². The lowest BCUT2D eigenvalue weighted by Gasteiger charge is -1.98. The molecule has 0 bridgehead atoms. The van der Waals surface area contributed by atoms with Crippen molar-refractivity contribution in [2.24, 2.45) is 0 Å². The maximum atomic E-state index is 5.01. The Balaban J connectivity index is 1.98. The average molecular weight is 205 g/mol. The number of aromatic nitrogens is 2. The highest BCUT2D eigenvalue weighted by molar-refractivity contribution is 5.56. The van der Waals surface area contributed by atoms with E-state index >= 15 is 0 Å². The number of nitrogens with one attached hydrogen (secondary N) is 2. The fourth-order valence-corrected chi connectivity index (χ4v) is 1.40. The van der Waals surface area contributed by atoms with E-state index in [0.717, 1.165) is 36.6 Å². The second-order valence-corrected chi connectivity index (χ2v) is 3.43. The molecule has 2 N–H and O–H groups in total. The SMILES string of the molecule is CCCNCc1ncc(-c2ccoc2)[nH]1. The summed E-state index contributed by atoms with van der Waals surface area (Å²) >= 11 is 0. The largest absolute Gasteiger partial charge is 0.472 e. The van der Waals surface area contributed by atoms with Gasteiger partial charge in [-0.15, -0.1) is 0 Å². The van der Waals surface area contributed by atoms with Crippen molar-refractivity contribution in [3.63, 3.8) is 0 Å². The zero-order valence-electron chi connectivity index (χ0n) is 8.79. The minimum atomic E-state index is 0.783. The van der Waals surface area contributed by atoms with E-state index in [1.807, 2.05) is 12.3 Å². The summed E-state index contributed by atoms with van der Waals surface area (Å²) in [6, 6.07) is 1.91. The van der Waals surface area contributed by atoms with Crippen molar-refractivity contribution in [3.8, 4) is 11.3 Å². The van der Waals surface area contributed by atoms with E-state index < -0.39 is 0 Å². The quantitative estimate of drug-likeness (QED) is 0.735. The van der Waals surface area contributed by atoms with E-state index in [-0.39, 0.29) is 0 Å². The van der Waals surface area contributed by atoms with E-state index in [9.17, 15) is 0 Å². The van der Waals surface area contributed by atoms with Gasteiger partial charge in [-0.2, -0.15) is 0 Å². The van der Waals surface area contributed by atoms with Gasteiger partial charge >= 0.3 is 0 Å². The lowest BCUT2D eigenvalue weighted by atomic mass is 10.3. The van der Waals surface area contributed by atoms with Crippen LogP contribution in [0.25, 0.3) is 11.3 Å². The monoisotopic (exact) mass is 205 g/mol. The first-order chi connectivity index (χ1) is 7.40. The fraction of sp³-hybridized carbons (Fsp3) is 0.364. The molecule has 0 amide bonds. The second-order valence-electron chi connectivity index (χ2n) is 3.43. The number of imidazole rings is 1. The Labute approximate surface area is 88.7 Å². The van der Waals surface area contributed by atoms with Crippen LogP contribution in [0.4, 0.5) is 0 Å². The third-order valence-corrected chi connectivity index (χ3v) is 2.18. The Morgan fingerprint density at radius 1 is 1.53 bits per heavy atom. The Kier molecular flexibility index (Phi) is 3.19. The van der Waals surface area contributed by atoms with Crippen molar-refractivity contribution >= 4 is 0 Å². The Morgan fingerprint density at radius 2 is 2.47 bits per heavy atom. The zero-order chi connectivity index (χ0) is 10.5. The van der Waals surface area contributed by atoms with Crippen LogP contribution in [0.15, 0.2) is 29.2 Å². The highest BCUT2D eigenvalue weighted by Crippen LogP contribution is 2.16. The summed E-state index contributed by atoms with van der Waals surface area (Å²) in [6.07, 6.45) is 6.32. The van der Waals surface area contributed by atoms with Gasteiger partial charge in [0.15, 0.2) is 0 Å². The molecule has 0 fully saturated rings. The predicted molar refractivity (Wildman–Crippen MR) is 58.3 cm³/mol. The molecule has 0 aromatic carbocycles. The molecule has 0 aliphatic rings. The predicted octanol–water partition coefficient (Wildman–Crippen LogP) is 2.17. The lowest BCUT2D eigenvalue weighted by molar-refractivity contribution is 0.568. The number of hydrogen-bond acceptors (Lipinski definition) is 3. The Morgan fingerprint density at radius 3 is 3.20 bits per heavy atom. The van der Waals surface area contributed by atoms with Crippen molar-refractivity contribution in [1.82, 2.24) is 15.3 Å². The topological polar surface area (TPSA) is 53.9 Å². The fourth-order valence-electron chi connectivity index (χ4n) is 1.40. The summed E-state index contributed by atoms with van der Waals surface area (Å²) in [5, 5.41) is 3.29. The van der Waals surface area contributed by atoms with E-state index in [4.69, 9.17) is 4.42 Å². The molecule has 2 aromatic rings. The number of hydrogen-bond donors (Lipinski definition) is 2. The molecule has 2 rings (SSSR count). The van der Waals surface area contributed by atoms with Gasteiger partial charge in [-0.25, -0.2) is 4.98 Å². The number of nitrogens with zero attached hydrogens (tertiary/aromatic N) is 1. The first-order valence-electron chi connectivity index (χ1n) is 5.17. The Hall–Kier alpha value is -1.55. The standard InChI is InChI=1S/C11H15N3O/c1-2-4-12-7-11-13-6-10(14-11)9-3-5-15-8-9/h3,5-6,8,12H,2,4,7H2,1H3,(H,13,14). The third kappa shape index (κ3) is 2.47. The molecule has 0 saturated heterocycles. The van der Waals surface area contributed by atoms with E-state index in [1.165, 1.54) is 0 Å². The van der Waals surface area contributed by atoms with Gasteiger partial charge in [-0.05, 0) is 19.0 Å². The summed E-state index contributed by atoms with van der Waals surface area (Å²) in [5.41, 5.74) is 2.03. The summed E-state index contributed by atoms with van der Waals surface area (Å²) < 4.78 is 5.01. The van der Waals surface area contributed by atoms with E-state index in [1.54, 1.807) is 12.5 Å². The molecule has 0 unspecified atom stereocenters. The molecule has 15 heavy (non-hydrogen) atoms. The molecular weight excluding hydrogens is 190 g/mol. The van der Waals surface area contributed by atoms with E-state index in [0.29, 0.717) is 0 Å². The zero-order valence-corrected chi connectivity index (χ0v) is 8.79. The normalized spacial score (nSPS) is 10.7. The third-order valence-electron chi connectivity index (χ3n) is 2.18. The van der Waals surface area contributed by atoms with Gasteiger partial charge < -0.3 is 14.7 Å². The lowest BCUT2D eigenvalue weighted by Crippen LogP contribution is -2.14. The first kappa shape index (κ1) is 9.98. The molecule has 0 saturated carbocycles. The van der Waals surface area contributed by atoms with Crippen LogP contribution in [0.3, 0.4) is 0 Å². The smallest absolute Gasteiger partial charge is 0.120 e. The van der Waals surface area contributed by atoms with Crippen LogP contribution in [-0.4, -0.2) is 16.5 Å². The van der Waals surface area contributed by atoms with Crippen molar-refractivity contribution in [1.29, 1.82) is 0 Å². The molecule has 0 aliphatic heterocycles. The molecule has 0 spiro atoms. The van der Waals surface area contributed by atoms with Gasteiger partial charge in [0.1, 0.15) is 5.82 Å². The molecule has 80 valence electrons. The molecule has 2 aromatic heterocycles. The minimum Gasteiger partial charge on any atom is -0.472 e. The highest BCUT2D eigenvalue weighted by Gasteiger charge is 2.03. The first-order valence-corrected chi connectivity index (χ1v) is 5.17. The van der Waals surface area contributed by atoms with E-state index in [2.05, 4.69) is 22.2 Å². The van der Waals surface area contributed by atoms with Crippen molar-refractivity contribution in [3.05, 3.63) is 30.6 Å². The molecule has 4 nitrogen and oxygen atoms in total. The number of rotatable bonds is 5. The van der Waals surface area contributed by atoms with Gasteiger partial charge in [0.25, 0.3) is 0 Å². The van der Waals surface area contributed by atoms with Crippen molar-refractivity contribution in [2.75, 3.05) is 6.54 Å². The summed E-state index contributed by atoms with van der Waals surface area (Å²) in [5.74, 6) is 0.958. The number of aromatic amines is 1. The van der Waals surface area contributed by atoms with Gasteiger partial charge in [-0.1, -0.05) is 6.92 Å². The maximum absolute atomic E-state index is 5.01. The number of furan rings is 1. The summed E-state index contributed by atoms with van der Waals surface area (Å²) in [7, 11) is 0. The minimum absolute atomic E-state index is 0.783. The highest BCUT2D eigenvalue weighted by atomic mass is 16.3. The summed E-state index contributed by atoms with van der Waals surface area (Å²) in [6.45, 7) is 3.94. The van der Waals surface area contributed by atoms with Crippen LogP contribution in [0.1, 0.15) is 19.2 Å². The molecular formula is C11H15N3O. The molecule has 0 aliphatic carbocycles. The van der Waals surface area contributed by atoms with Crippen LogP contribution < -0.4 is 5.32 Å². The average Bonchev–Trinajstić information content (AvgIpc) is 2.87. The Bertz CT molecular complexity index is 392. The maximum Gasteiger partial charge on any atom is 0.120 e. The molecule has 2 heterocycles. The van der Waals surface area contributed by atoms with Gasteiger partial charge in [0.2, 0.25) is 0 Å². The van der Waals surface area contributed by atoms with Crippen molar-refractivity contribution < 1.29 is 4.42 Å². The number of H-pyrrole nitrogens is 1. The van der Waals surface area contributed by atoms with Crippen LogP contribution in [0, 0.1) is 0 Å². The van der Waals surface area contributed by atoms with Crippen molar-refractivity contribution in [2.45, 2.75) is 19.9 Å². The molecule has 4 heteroatoms. The molecule has 0 atom stereocenters.